The number of hydrogen-bond acceptors (Lipinski definition) is 2. The van der Waals surface area contributed by atoms with Gasteiger partial charge >= 0.3 is 0 Å². The van der Waals surface area contributed by atoms with Crippen LogP contribution in [0.15, 0.2) is 35.3 Å². The Morgan fingerprint density at radius 3 is 2.68 bits per heavy atom. The Hall–Kier alpha value is -2.01. The second kappa shape index (κ2) is 9.47. The van der Waals surface area contributed by atoms with Gasteiger partial charge in [0.05, 0.1) is 12.2 Å². The van der Waals surface area contributed by atoms with Gasteiger partial charge in [-0.2, -0.15) is 5.10 Å². The molecule has 0 aliphatic carbocycles. The van der Waals surface area contributed by atoms with E-state index in [1.807, 2.05) is 31.2 Å². The van der Waals surface area contributed by atoms with Gasteiger partial charge in [-0.25, -0.2) is 4.99 Å². The van der Waals surface area contributed by atoms with Crippen LogP contribution in [-0.2, 0) is 13.1 Å². The number of hydrogen-bond donors (Lipinski definition) is 2. The molecule has 2 rings (SSSR count). The number of benzene rings is 1. The molecule has 0 saturated heterocycles. The van der Waals surface area contributed by atoms with Gasteiger partial charge in [0.15, 0.2) is 5.96 Å². The van der Waals surface area contributed by atoms with Crippen LogP contribution in [0.5, 0.6) is 0 Å². The predicted octanol–water partition coefficient (Wildman–Crippen LogP) is 3.54. The molecule has 1 heterocycles. The third-order valence-electron chi connectivity index (χ3n) is 3.92. The molecule has 2 N–H and O–H groups in total. The molecule has 0 radical (unpaired) electrons. The lowest BCUT2D eigenvalue weighted by Gasteiger charge is -2.17. The lowest BCUT2D eigenvalue weighted by Crippen LogP contribution is -2.40. The van der Waals surface area contributed by atoms with Crippen LogP contribution in [0.25, 0.3) is 0 Å². The Bertz CT molecular complexity index is 708. The Labute approximate surface area is 155 Å². The molecule has 5 nitrogen and oxygen atoms in total. The minimum absolute atomic E-state index is 0.433. The third-order valence-corrected chi connectivity index (χ3v) is 4.28. The third kappa shape index (κ3) is 6.09. The fourth-order valence-corrected chi connectivity index (χ4v) is 2.82. The molecule has 0 spiro atoms. The molecule has 0 fully saturated rings. The zero-order valence-corrected chi connectivity index (χ0v) is 16.3. The van der Waals surface area contributed by atoms with E-state index in [4.69, 9.17) is 11.6 Å². The van der Waals surface area contributed by atoms with Gasteiger partial charge < -0.3 is 10.6 Å². The zero-order chi connectivity index (χ0) is 18.2. The van der Waals surface area contributed by atoms with E-state index in [1.165, 1.54) is 5.69 Å². The van der Waals surface area contributed by atoms with Gasteiger partial charge in [-0.15, -0.1) is 0 Å². The molecule has 1 atom stereocenters. The molecule has 0 aliphatic rings. The molecular weight excluding hydrogens is 334 g/mol. The predicted molar refractivity (Wildman–Crippen MR) is 105 cm³/mol. The average Bonchev–Trinajstić information content (AvgIpc) is 2.88. The Morgan fingerprint density at radius 1 is 1.28 bits per heavy atom. The highest BCUT2D eigenvalue weighted by atomic mass is 35.5. The fourth-order valence-electron chi connectivity index (χ4n) is 2.62. The Morgan fingerprint density at radius 2 is 2.04 bits per heavy atom. The number of aliphatic imine (C=N–C) groups is 1. The van der Waals surface area contributed by atoms with Crippen LogP contribution in [0.2, 0.25) is 5.02 Å². The number of nitrogens with zero attached hydrogens (tertiary/aromatic N) is 3. The molecule has 1 aromatic carbocycles. The number of rotatable bonds is 7. The summed E-state index contributed by atoms with van der Waals surface area (Å²) < 4.78 is 2.06. The van der Waals surface area contributed by atoms with E-state index in [-0.39, 0.29) is 0 Å². The standard InChI is InChI=1S/C19H28ClN5/c1-5-21-19(23-12-17-8-6-7-9-18(17)20)22-11-14(2)13-25-16(4)10-15(3)24-25/h6-10,14H,5,11-13H2,1-4H3,(H2,21,22,23). The summed E-state index contributed by atoms with van der Waals surface area (Å²) in [7, 11) is 0. The highest BCUT2D eigenvalue weighted by molar-refractivity contribution is 6.31. The van der Waals surface area contributed by atoms with E-state index in [2.05, 4.69) is 52.2 Å². The molecule has 2 aromatic rings. The van der Waals surface area contributed by atoms with Crippen molar-refractivity contribution in [2.24, 2.45) is 10.9 Å². The number of guanidine groups is 1. The van der Waals surface area contributed by atoms with Crippen LogP contribution >= 0.6 is 11.6 Å². The minimum atomic E-state index is 0.433. The van der Waals surface area contributed by atoms with Gasteiger partial charge in [-0.1, -0.05) is 36.7 Å². The van der Waals surface area contributed by atoms with E-state index in [9.17, 15) is 0 Å². The number of nitrogens with one attached hydrogen (secondary N) is 2. The lowest BCUT2D eigenvalue weighted by atomic mass is 10.2. The Balaban J connectivity index is 1.91. The maximum Gasteiger partial charge on any atom is 0.191 e. The summed E-state index contributed by atoms with van der Waals surface area (Å²) in [6.45, 7) is 11.5. The normalized spacial score (nSPS) is 12.9. The smallest absolute Gasteiger partial charge is 0.191 e. The molecule has 1 unspecified atom stereocenters. The van der Waals surface area contributed by atoms with Crippen LogP contribution in [0.1, 0.15) is 30.8 Å². The van der Waals surface area contributed by atoms with E-state index >= 15 is 0 Å². The Kier molecular flexibility index (Phi) is 7.31. The van der Waals surface area contributed by atoms with Gasteiger partial charge in [-0.3, -0.25) is 4.68 Å². The number of aryl methyl sites for hydroxylation is 2. The molecule has 1 aromatic heterocycles. The first-order valence-electron chi connectivity index (χ1n) is 8.76. The van der Waals surface area contributed by atoms with E-state index in [0.29, 0.717) is 12.5 Å². The van der Waals surface area contributed by atoms with Gasteiger partial charge in [0.25, 0.3) is 0 Å². The summed E-state index contributed by atoms with van der Waals surface area (Å²) in [4.78, 5) is 4.63. The zero-order valence-electron chi connectivity index (χ0n) is 15.5. The van der Waals surface area contributed by atoms with Gasteiger partial charge in [0.1, 0.15) is 0 Å². The van der Waals surface area contributed by atoms with Crippen LogP contribution in [0, 0.1) is 19.8 Å². The maximum absolute atomic E-state index is 6.20. The first-order chi connectivity index (χ1) is 12.0. The van der Waals surface area contributed by atoms with Crippen molar-refractivity contribution in [1.82, 2.24) is 20.4 Å². The second-order valence-corrected chi connectivity index (χ2v) is 6.79. The summed E-state index contributed by atoms with van der Waals surface area (Å²) in [6.07, 6.45) is 0. The summed E-state index contributed by atoms with van der Waals surface area (Å²) in [5, 5.41) is 12.0. The highest BCUT2D eigenvalue weighted by Gasteiger charge is 2.08. The molecular formula is C19H28ClN5. The van der Waals surface area contributed by atoms with Crippen molar-refractivity contribution in [3.8, 4) is 0 Å². The molecule has 0 amide bonds. The van der Waals surface area contributed by atoms with Crippen molar-refractivity contribution < 1.29 is 0 Å². The van der Waals surface area contributed by atoms with Gasteiger partial charge in [-0.05, 0) is 44.4 Å². The molecule has 25 heavy (non-hydrogen) atoms. The summed E-state index contributed by atoms with van der Waals surface area (Å²) in [5.74, 6) is 1.24. The highest BCUT2D eigenvalue weighted by Crippen LogP contribution is 2.15. The first-order valence-corrected chi connectivity index (χ1v) is 9.14. The van der Waals surface area contributed by atoms with Crippen molar-refractivity contribution >= 4 is 17.6 Å². The number of aromatic nitrogens is 2. The molecule has 6 heteroatoms. The molecule has 0 aliphatic heterocycles. The number of halogens is 1. The van der Waals surface area contributed by atoms with Gasteiger partial charge in [0.2, 0.25) is 0 Å². The quantitative estimate of drug-likeness (QED) is 0.585. The van der Waals surface area contributed by atoms with Crippen molar-refractivity contribution in [2.75, 3.05) is 13.1 Å². The van der Waals surface area contributed by atoms with Crippen molar-refractivity contribution in [3.63, 3.8) is 0 Å². The van der Waals surface area contributed by atoms with Crippen LogP contribution < -0.4 is 10.6 Å². The largest absolute Gasteiger partial charge is 0.357 e. The second-order valence-electron chi connectivity index (χ2n) is 6.38. The topological polar surface area (TPSA) is 54.2 Å². The maximum atomic E-state index is 6.20. The molecule has 0 bridgehead atoms. The van der Waals surface area contributed by atoms with Gasteiger partial charge in [0, 0.05) is 30.4 Å². The van der Waals surface area contributed by atoms with E-state index in [0.717, 1.165) is 41.9 Å². The van der Waals surface area contributed by atoms with Crippen LogP contribution in [0.4, 0.5) is 0 Å². The summed E-state index contributed by atoms with van der Waals surface area (Å²) in [5.41, 5.74) is 3.29. The fraction of sp³-hybridized carbons (Fsp3) is 0.474. The molecule has 136 valence electrons. The van der Waals surface area contributed by atoms with Crippen LogP contribution in [-0.4, -0.2) is 28.8 Å². The van der Waals surface area contributed by atoms with Crippen LogP contribution in [0.3, 0.4) is 0 Å². The average molecular weight is 362 g/mol. The summed E-state index contributed by atoms with van der Waals surface area (Å²) >= 11 is 6.20. The monoisotopic (exact) mass is 361 g/mol. The van der Waals surface area contributed by atoms with Crippen molar-refractivity contribution in [3.05, 3.63) is 52.3 Å². The lowest BCUT2D eigenvalue weighted by molar-refractivity contribution is 0.436. The first kappa shape index (κ1) is 19.3. The van der Waals surface area contributed by atoms with Crippen molar-refractivity contribution in [1.29, 1.82) is 0 Å². The van der Waals surface area contributed by atoms with E-state index in [1.54, 1.807) is 0 Å². The van der Waals surface area contributed by atoms with E-state index < -0.39 is 0 Å². The SMILES string of the molecule is CCNC(=NCc1ccccc1Cl)NCC(C)Cn1nc(C)cc1C. The summed E-state index contributed by atoms with van der Waals surface area (Å²) in [6, 6.07) is 9.91. The minimum Gasteiger partial charge on any atom is -0.357 e. The van der Waals surface area contributed by atoms with Crippen molar-refractivity contribution in [2.45, 2.75) is 40.8 Å². The molecule has 0 saturated carbocycles.